The summed E-state index contributed by atoms with van der Waals surface area (Å²) < 4.78 is 26.1. The molecule has 2 N–H and O–H groups in total. The van der Waals surface area contributed by atoms with Crippen molar-refractivity contribution in [3.05, 3.63) is 11.9 Å². The number of nitrogens with one attached hydrogen (secondary N) is 2. The number of aromatic amines is 1. The van der Waals surface area contributed by atoms with Crippen molar-refractivity contribution >= 4 is 10.0 Å². The van der Waals surface area contributed by atoms with Crippen LogP contribution in [0.4, 0.5) is 0 Å². The Hall–Kier alpha value is -0.880. The standard InChI is InChI=1S/C10H19N3O2S/c1-3-4-5-6-7-12-16(14,15)10-8-11-13-9(10)2/h8,12H,3-7H2,1-2H3,(H,11,13). The van der Waals surface area contributed by atoms with E-state index in [9.17, 15) is 8.42 Å². The van der Waals surface area contributed by atoms with Gasteiger partial charge in [0.2, 0.25) is 10.0 Å². The lowest BCUT2D eigenvalue weighted by Gasteiger charge is -2.05. The first-order valence-corrected chi connectivity index (χ1v) is 7.06. The summed E-state index contributed by atoms with van der Waals surface area (Å²) in [6.45, 7) is 4.31. The second kappa shape index (κ2) is 6.00. The summed E-state index contributed by atoms with van der Waals surface area (Å²) in [4.78, 5) is 0.239. The van der Waals surface area contributed by atoms with Gasteiger partial charge in [-0.15, -0.1) is 0 Å². The Kier molecular flexibility index (Phi) is 4.95. The van der Waals surface area contributed by atoms with Gasteiger partial charge in [-0.1, -0.05) is 26.2 Å². The molecule has 0 fully saturated rings. The zero-order valence-electron chi connectivity index (χ0n) is 9.78. The smallest absolute Gasteiger partial charge is 0.243 e. The van der Waals surface area contributed by atoms with E-state index in [1.807, 2.05) is 0 Å². The number of H-pyrrole nitrogens is 1. The van der Waals surface area contributed by atoms with Crippen LogP contribution in [-0.4, -0.2) is 25.2 Å². The first-order chi connectivity index (χ1) is 7.58. The van der Waals surface area contributed by atoms with Gasteiger partial charge in [-0.25, -0.2) is 13.1 Å². The minimum atomic E-state index is -3.38. The quantitative estimate of drug-likeness (QED) is 0.716. The van der Waals surface area contributed by atoms with Gasteiger partial charge in [-0.05, 0) is 13.3 Å². The number of aryl methyl sites for hydroxylation is 1. The molecule has 0 radical (unpaired) electrons. The highest BCUT2D eigenvalue weighted by molar-refractivity contribution is 7.89. The highest BCUT2D eigenvalue weighted by Gasteiger charge is 2.17. The van der Waals surface area contributed by atoms with Crippen molar-refractivity contribution in [3.63, 3.8) is 0 Å². The summed E-state index contributed by atoms with van der Waals surface area (Å²) in [6, 6.07) is 0. The lowest BCUT2D eigenvalue weighted by Crippen LogP contribution is -2.25. The summed E-state index contributed by atoms with van der Waals surface area (Å²) >= 11 is 0. The fourth-order valence-corrected chi connectivity index (χ4v) is 2.66. The number of aromatic nitrogens is 2. The van der Waals surface area contributed by atoms with Gasteiger partial charge in [0.25, 0.3) is 0 Å². The molecule has 92 valence electrons. The number of sulfonamides is 1. The minimum Gasteiger partial charge on any atom is -0.281 e. The molecule has 0 amide bonds. The van der Waals surface area contributed by atoms with E-state index in [1.54, 1.807) is 6.92 Å². The minimum absolute atomic E-state index is 0.239. The Bertz CT molecular complexity index is 411. The van der Waals surface area contributed by atoms with E-state index >= 15 is 0 Å². The van der Waals surface area contributed by atoms with Gasteiger partial charge in [-0.3, -0.25) is 5.10 Å². The molecular formula is C10H19N3O2S. The molecule has 1 aromatic rings. The molecule has 1 aromatic heterocycles. The zero-order chi connectivity index (χ0) is 12.0. The third-order valence-corrected chi connectivity index (χ3v) is 3.97. The average molecular weight is 245 g/mol. The van der Waals surface area contributed by atoms with Gasteiger partial charge in [0.15, 0.2) is 0 Å². The first-order valence-electron chi connectivity index (χ1n) is 5.57. The fourth-order valence-electron chi connectivity index (χ4n) is 1.45. The molecule has 5 nitrogen and oxygen atoms in total. The van der Waals surface area contributed by atoms with Crippen LogP contribution in [0.3, 0.4) is 0 Å². The Morgan fingerprint density at radius 3 is 2.69 bits per heavy atom. The number of unbranched alkanes of at least 4 members (excludes halogenated alkanes) is 3. The molecule has 0 saturated heterocycles. The molecule has 0 aliphatic carbocycles. The predicted octanol–water partition coefficient (Wildman–Crippen LogP) is 1.58. The Balaban J connectivity index is 2.45. The van der Waals surface area contributed by atoms with Gasteiger partial charge in [-0.2, -0.15) is 5.10 Å². The molecule has 0 spiro atoms. The first kappa shape index (κ1) is 13.2. The largest absolute Gasteiger partial charge is 0.281 e. The van der Waals surface area contributed by atoms with Crippen molar-refractivity contribution in [2.45, 2.75) is 44.4 Å². The van der Waals surface area contributed by atoms with E-state index in [1.165, 1.54) is 6.20 Å². The van der Waals surface area contributed by atoms with Crippen molar-refractivity contribution in [1.29, 1.82) is 0 Å². The lowest BCUT2D eigenvalue weighted by atomic mass is 10.2. The van der Waals surface area contributed by atoms with E-state index in [2.05, 4.69) is 21.8 Å². The molecule has 0 aromatic carbocycles. The van der Waals surface area contributed by atoms with Crippen LogP contribution in [0.25, 0.3) is 0 Å². The molecule has 0 aliphatic heterocycles. The molecule has 1 heterocycles. The molecule has 0 unspecified atom stereocenters. The molecule has 0 aliphatic rings. The summed E-state index contributed by atoms with van der Waals surface area (Å²) in [5, 5.41) is 6.32. The normalized spacial score (nSPS) is 11.9. The van der Waals surface area contributed by atoms with Crippen LogP contribution in [0, 0.1) is 6.92 Å². The molecule has 0 saturated carbocycles. The van der Waals surface area contributed by atoms with Crippen molar-refractivity contribution in [3.8, 4) is 0 Å². The Morgan fingerprint density at radius 1 is 1.38 bits per heavy atom. The van der Waals surface area contributed by atoms with Crippen LogP contribution < -0.4 is 4.72 Å². The van der Waals surface area contributed by atoms with Gasteiger partial charge in [0, 0.05) is 6.54 Å². The summed E-state index contributed by atoms with van der Waals surface area (Å²) in [7, 11) is -3.38. The maximum absolute atomic E-state index is 11.8. The summed E-state index contributed by atoms with van der Waals surface area (Å²) in [6.07, 6.45) is 5.57. The van der Waals surface area contributed by atoms with Crippen LogP contribution >= 0.6 is 0 Å². The van der Waals surface area contributed by atoms with E-state index in [-0.39, 0.29) is 4.90 Å². The van der Waals surface area contributed by atoms with E-state index in [0.717, 1.165) is 25.7 Å². The topological polar surface area (TPSA) is 74.8 Å². The third-order valence-electron chi connectivity index (χ3n) is 2.40. The molecule has 16 heavy (non-hydrogen) atoms. The molecule has 6 heteroatoms. The van der Waals surface area contributed by atoms with E-state index < -0.39 is 10.0 Å². The summed E-state index contributed by atoms with van der Waals surface area (Å²) in [5.74, 6) is 0. The Labute approximate surface area is 96.7 Å². The van der Waals surface area contributed by atoms with E-state index in [0.29, 0.717) is 12.2 Å². The number of hydrogen-bond donors (Lipinski definition) is 2. The lowest BCUT2D eigenvalue weighted by molar-refractivity contribution is 0.573. The van der Waals surface area contributed by atoms with Crippen molar-refractivity contribution in [2.75, 3.05) is 6.54 Å². The van der Waals surface area contributed by atoms with Gasteiger partial charge < -0.3 is 0 Å². The van der Waals surface area contributed by atoms with Crippen LogP contribution in [0.1, 0.15) is 38.3 Å². The van der Waals surface area contributed by atoms with Crippen molar-refractivity contribution in [2.24, 2.45) is 0 Å². The second-order valence-corrected chi connectivity index (χ2v) is 5.55. The molecular weight excluding hydrogens is 226 g/mol. The van der Waals surface area contributed by atoms with Gasteiger partial charge in [0.05, 0.1) is 11.9 Å². The predicted molar refractivity (Wildman–Crippen MR) is 62.7 cm³/mol. The third kappa shape index (κ3) is 3.61. The van der Waals surface area contributed by atoms with Crippen LogP contribution in [0.5, 0.6) is 0 Å². The van der Waals surface area contributed by atoms with Gasteiger partial charge in [0.1, 0.15) is 4.90 Å². The fraction of sp³-hybridized carbons (Fsp3) is 0.700. The molecule has 1 rings (SSSR count). The monoisotopic (exact) mass is 245 g/mol. The van der Waals surface area contributed by atoms with Crippen LogP contribution in [0.15, 0.2) is 11.1 Å². The van der Waals surface area contributed by atoms with E-state index in [4.69, 9.17) is 0 Å². The second-order valence-electron chi connectivity index (χ2n) is 3.82. The number of nitrogens with zero attached hydrogens (tertiary/aromatic N) is 1. The molecule has 0 bridgehead atoms. The number of hydrogen-bond acceptors (Lipinski definition) is 3. The van der Waals surface area contributed by atoms with Crippen LogP contribution in [-0.2, 0) is 10.0 Å². The molecule has 0 atom stereocenters. The highest BCUT2D eigenvalue weighted by atomic mass is 32.2. The number of rotatable bonds is 7. The maximum atomic E-state index is 11.8. The highest BCUT2D eigenvalue weighted by Crippen LogP contribution is 2.10. The summed E-state index contributed by atoms with van der Waals surface area (Å²) in [5.41, 5.74) is 0.570. The Morgan fingerprint density at radius 2 is 2.12 bits per heavy atom. The van der Waals surface area contributed by atoms with Crippen molar-refractivity contribution in [1.82, 2.24) is 14.9 Å². The van der Waals surface area contributed by atoms with Crippen molar-refractivity contribution < 1.29 is 8.42 Å². The zero-order valence-corrected chi connectivity index (χ0v) is 10.6. The van der Waals surface area contributed by atoms with Crippen LogP contribution in [0.2, 0.25) is 0 Å². The SMILES string of the molecule is CCCCCCNS(=O)(=O)c1cn[nH]c1C. The van der Waals surface area contributed by atoms with Gasteiger partial charge >= 0.3 is 0 Å². The maximum Gasteiger partial charge on any atom is 0.243 e. The average Bonchev–Trinajstić information content (AvgIpc) is 2.65.